The van der Waals surface area contributed by atoms with Crippen molar-refractivity contribution in [1.29, 1.82) is 0 Å². The zero-order valence-corrected chi connectivity index (χ0v) is 15.9. The van der Waals surface area contributed by atoms with E-state index in [0.29, 0.717) is 11.3 Å². The van der Waals surface area contributed by atoms with E-state index in [1.807, 2.05) is 78.9 Å². The van der Waals surface area contributed by atoms with Crippen LogP contribution in [0.1, 0.15) is 40.6 Å². The maximum atomic E-state index is 12.6. The van der Waals surface area contributed by atoms with Gasteiger partial charge in [-0.3, -0.25) is 9.59 Å². The molecule has 144 valence electrons. The molecular formula is C25H21NO3. The number of Topliss-reactive ketones (excluding diaryl/α,β-unsaturated/α-hetero) is 1. The number of benzene rings is 3. The van der Waals surface area contributed by atoms with Crippen molar-refractivity contribution in [2.24, 2.45) is 0 Å². The molecule has 1 amide bonds. The van der Waals surface area contributed by atoms with Crippen LogP contribution in [0.15, 0.2) is 95.4 Å². The number of hydrogen-bond acceptors (Lipinski definition) is 3. The number of furan rings is 1. The number of carbonyl (C=O) groups is 2. The molecule has 1 heterocycles. The number of fused-ring (bicyclic) bond motifs is 1. The van der Waals surface area contributed by atoms with Crippen LogP contribution in [0.25, 0.3) is 11.0 Å². The monoisotopic (exact) mass is 383 g/mol. The molecule has 1 N–H and O–H groups in total. The normalized spacial score (nSPS) is 11.9. The second-order valence-corrected chi connectivity index (χ2v) is 6.89. The predicted octanol–water partition coefficient (Wildman–Crippen LogP) is 5.30. The summed E-state index contributed by atoms with van der Waals surface area (Å²) in [6.45, 7) is 0. The van der Waals surface area contributed by atoms with Gasteiger partial charge < -0.3 is 9.73 Å². The first-order valence-electron chi connectivity index (χ1n) is 9.62. The van der Waals surface area contributed by atoms with Crippen molar-refractivity contribution in [3.8, 4) is 0 Å². The van der Waals surface area contributed by atoms with Crippen molar-refractivity contribution < 1.29 is 14.0 Å². The van der Waals surface area contributed by atoms with Crippen LogP contribution in [-0.2, 0) is 4.79 Å². The Morgan fingerprint density at radius 3 is 2.17 bits per heavy atom. The number of rotatable bonds is 7. The maximum absolute atomic E-state index is 12.6. The lowest BCUT2D eigenvalue weighted by Gasteiger charge is -2.17. The van der Waals surface area contributed by atoms with Crippen LogP contribution in [-0.4, -0.2) is 11.7 Å². The van der Waals surface area contributed by atoms with Gasteiger partial charge in [0.1, 0.15) is 17.4 Å². The van der Waals surface area contributed by atoms with E-state index in [0.717, 1.165) is 16.5 Å². The SMILES string of the molecule is O=C(CCC(=O)c1ccccc1)NC(c1ccccc1)c1cc2ccccc2o1. The van der Waals surface area contributed by atoms with E-state index >= 15 is 0 Å². The molecule has 0 aliphatic carbocycles. The minimum absolute atomic E-state index is 0.0410. The van der Waals surface area contributed by atoms with E-state index in [9.17, 15) is 9.59 Å². The summed E-state index contributed by atoms with van der Waals surface area (Å²) in [5, 5.41) is 4.02. The predicted molar refractivity (Wildman–Crippen MR) is 113 cm³/mol. The number of amides is 1. The Bertz CT molecular complexity index is 1080. The van der Waals surface area contributed by atoms with Crippen molar-refractivity contribution in [1.82, 2.24) is 5.32 Å². The molecule has 1 atom stereocenters. The fraction of sp³-hybridized carbons (Fsp3) is 0.120. The van der Waals surface area contributed by atoms with E-state index in [2.05, 4.69) is 5.32 Å². The van der Waals surface area contributed by atoms with Gasteiger partial charge in [-0.2, -0.15) is 0 Å². The molecule has 0 fully saturated rings. The third-order valence-electron chi connectivity index (χ3n) is 4.84. The van der Waals surface area contributed by atoms with Gasteiger partial charge in [0, 0.05) is 23.8 Å². The highest BCUT2D eigenvalue weighted by Gasteiger charge is 2.21. The smallest absolute Gasteiger partial charge is 0.221 e. The van der Waals surface area contributed by atoms with Crippen molar-refractivity contribution in [2.45, 2.75) is 18.9 Å². The lowest BCUT2D eigenvalue weighted by atomic mass is 10.0. The quantitative estimate of drug-likeness (QED) is 0.441. The van der Waals surface area contributed by atoms with Gasteiger partial charge in [-0.05, 0) is 17.7 Å². The van der Waals surface area contributed by atoms with Gasteiger partial charge in [-0.25, -0.2) is 0 Å². The third kappa shape index (κ3) is 4.43. The minimum Gasteiger partial charge on any atom is -0.459 e. The van der Waals surface area contributed by atoms with Crippen LogP contribution in [0, 0.1) is 0 Å². The zero-order valence-electron chi connectivity index (χ0n) is 15.9. The molecule has 1 unspecified atom stereocenters. The highest BCUT2D eigenvalue weighted by Crippen LogP contribution is 2.28. The number of hydrogen-bond donors (Lipinski definition) is 1. The molecule has 29 heavy (non-hydrogen) atoms. The number of para-hydroxylation sites is 1. The van der Waals surface area contributed by atoms with Gasteiger partial charge in [0.15, 0.2) is 5.78 Å². The number of nitrogens with one attached hydrogen (secondary N) is 1. The Balaban J connectivity index is 1.51. The van der Waals surface area contributed by atoms with Crippen LogP contribution in [0.5, 0.6) is 0 Å². The Morgan fingerprint density at radius 2 is 1.45 bits per heavy atom. The fourth-order valence-corrected chi connectivity index (χ4v) is 3.34. The summed E-state index contributed by atoms with van der Waals surface area (Å²) in [7, 11) is 0. The van der Waals surface area contributed by atoms with Crippen molar-refractivity contribution >= 4 is 22.7 Å². The molecule has 0 saturated carbocycles. The third-order valence-corrected chi connectivity index (χ3v) is 4.84. The maximum Gasteiger partial charge on any atom is 0.221 e. The second-order valence-electron chi connectivity index (χ2n) is 6.89. The van der Waals surface area contributed by atoms with Crippen LogP contribution in [0.2, 0.25) is 0 Å². The first kappa shape index (κ1) is 18.7. The Labute approximate surface area is 169 Å². The van der Waals surface area contributed by atoms with Crippen LogP contribution < -0.4 is 5.32 Å². The lowest BCUT2D eigenvalue weighted by Crippen LogP contribution is -2.29. The summed E-state index contributed by atoms with van der Waals surface area (Å²) in [4.78, 5) is 24.9. The van der Waals surface area contributed by atoms with E-state index in [4.69, 9.17) is 4.42 Å². The standard InChI is InChI=1S/C25H21NO3/c27-21(18-9-3-1-4-10-18)15-16-24(28)26-25(19-11-5-2-6-12-19)23-17-20-13-7-8-14-22(20)29-23/h1-14,17,25H,15-16H2,(H,26,28). The number of carbonyl (C=O) groups excluding carboxylic acids is 2. The molecule has 0 aliphatic heterocycles. The van der Waals surface area contributed by atoms with E-state index in [1.165, 1.54) is 0 Å². The van der Waals surface area contributed by atoms with Crippen molar-refractivity contribution in [3.05, 3.63) is 108 Å². The first-order valence-corrected chi connectivity index (χ1v) is 9.62. The van der Waals surface area contributed by atoms with E-state index in [1.54, 1.807) is 12.1 Å². The van der Waals surface area contributed by atoms with Gasteiger partial charge in [0.25, 0.3) is 0 Å². The summed E-state index contributed by atoms with van der Waals surface area (Å²) in [5.41, 5.74) is 2.32. The van der Waals surface area contributed by atoms with E-state index in [-0.39, 0.29) is 24.5 Å². The molecule has 4 aromatic rings. The average molecular weight is 383 g/mol. The molecule has 0 spiro atoms. The minimum atomic E-state index is -0.414. The summed E-state index contributed by atoms with van der Waals surface area (Å²) in [5.74, 6) is 0.435. The Morgan fingerprint density at radius 1 is 0.793 bits per heavy atom. The topological polar surface area (TPSA) is 59.3 Å². The lowest BCUT2D eigenvalue weighted by molar-refractivity contribution is -0.121. The molecule has 0 aliphatic rings. The van der Waals surface area contributed by atoms with Gasteiger partial charge in [-0.15, -0.1) is 0 Å². The van der Waals surface area contributed by atoms with Crippen LogP contribution >= 0.6 is 0 Å². The summed E-state index contributed by atoms with van der Waals surface area (Å²) >= 11 is 0. The van der Waals surface area contributed by atoms with Crippen molar-refractivity contribution in [2.75, 3.05) is 0 Å². The van der Waals surface area contributed by atoms with E-state index < -0.39 is 6.04 Å². The van der Waals surface area contributed by atoms with Gasteiger partial charge >= 0.3 is 0 Å². The van der Waals surface area contributed by atoms with Crippen LogP contribution in [0.3, 0.4) is 0 Å². The molecule has 1 aromatic heterocycles. The van der Waals surface area contributed by atoms with Crippen molar-refractivity contribution in [3.63, 3.8) is 0 Å². The molecule has 0 bridgehead atoms. The molecular weight excluding hydrogens is 362 g/mol. The first-order chi connectivity index (χ1) is 14.2. The Kier molecular flexibility index (Phi) is 5.52. The largest absolute Gasteiger partial charge is 0.459 e. The van der Waals surface area contributed by atoms with Gasteiger partial charge in [-0.1, -0.05) is 78.9 Å². The van der Waals surface area contributed by atoms with Crippen LogP contribution in [0.4, 0.5) is 0 Å². The summed E-state index contributed by atoms with van der Waals surface area (Å²) in [6.07, 6.45) is 0.286. The Hall–Kier alpha value is -3.66. The molecule has 3 aromatic carbocycles. The average Bonchev–Trinajstić information content (AvgIpc) is 3.21. The number of ketones is 1. The van der Waals surface area contributed by atoms with Gasteiger partial charge in [0.05, 0.1) is 0 Å². The second kappa shape index (κ2) is 8.57. The fourth-order valence-electron chi connectivity index (χ4n) is 3.34. The molecule has 4 nitrogen and oxygen atoms in total. The molecule has 0 radical (unpaired) electrons. The highest BCUT2D eigenvalue weighted by molar-refractivity contribution is 5.98. The summed E-state index contributed by atoms with van der Waals surface area (Å²) in [6, 6.07) is 28.0. The molecule has 4 rings (SSSR count). The zero-order chi connectivity index (χ0) is 20.1. The van der Waals surface area contributed by atoms with Gasteiger partial charge in [0.2, 0.25) is 5.91 Å². The summed E-state index contributed by atoms with van der Waals surface area (Å²) < 4.78 is 6.00. The highest BCUT2D eigenvalue weighted by atomic mass is 16.3. The molecule has 4 heteroatoms. The molecule has 0 saturated heterocycles.